The van der Waals surface area contributed by atoms with E-state index < -0.39 is 14.1 Å². The monoisotopic (exact) mass is 329 g/mol. The van der Waals surface area contributed by atoms with Crippen molar-refractivity contribution in [1.29, 1.82) is 0 Å². The minimum atomic E-state index is -2.82. The molecule has 1 aromatic heterocycles. The molecule has 3 rings (SSSR count). The lowest BCUT2D eigenvalue weighted by molar-refractivity contribution is -0.165. The highest BCUT2D eigenvalue weighted by atomic mass is 31.1. The van der Waals surface area contributed by atoms with E-state index in [1.807, 2.05) is 0 Å². The Balaban J connectivity index is 0.000000246. The molecule has 0 spiro atoms. The van der Waals surface area contributed by atoms with Crippen LogP contribution in [0.25, 0.3) is 0 Å². The topological polar surface area (TPSA) is 124 Å². The number of nitrogens with one attached hydrogen (secondary N) is 1. The van der Waals surface area contributed by atoms with Crippen LogP contribution in [0.2, 0.25) is 0 Å². The molecule has 22 heavy (non-hydrogen) atoms. The van der Waals surface area contributed by atoms with Crippen LogP contribution >= 0.6 is 8.18 Å². The van der Waals surface area contributed by atoms with Gasteiger partial charge >= 0.3 is 14.1 Å². The van der Waals surface area contributed by atoms with E-state index in [2.05, 4.69) is 10.3 Å². The summed E-state index contributed by atoms with van der Waals surface area (Å²) in [6, 6.07) is 1.23. The van der Waals surface area contributed by atoms with Crippen molar-refractivity contribution in [2.75, 3.05) is 44.1 Å². The highest BCUT2D eigenvalue weighted by Crippen LogP contribution is 2.36. The molecule has 120 valence electrons. The van der Waals surface area contributed by atoms with Crippen LogP contribution in [-0.4, -0.2) is 55.5 Å². The van der Waals surface area contributed by atoms with E-state index in [-0.39, 0.29) is 30.3 Å². The predicted molar refractivity (Wildman–Crippen MR) is 75.3 cm³/mol. The van der Waals surface area contributed by atoms with Gasteiger partial charge in [-0.25, -0.2) is 9.78 Å². The second kappa shape index (κ2) is 8.00. The van der Waals surface area contributed by atoms with Crippen LogP contribution in [-0.2, 0) is 9.30 Å². The van der Waals surface area contributed by atoms with Gasteiger partial charge in [-0.1, -0.05) is 0 Å². The van der Waals surface area contributed by atoms with Gasteiger partial charge in [0.25, 0.3) is 0 Å². The molecule has 0 saturated carbocycles. The smallest absolute Gasteiger partial charge is 0.440 e. The van der Waals surface area contributed by atoms with Crippen molar-refractivity contribution < 1.29 is 28.8 Å². The van der Waals surface area contributed by atoms with Gasteiger partial charge in [0.2, 0.25) is 5.88 Å². The number of morpholine rings is 1. The zero-order valence-electron chi connectivity index (χ0n) is 11.7. The first kappa shape index (κ1) is 16.6. The van der Waals surface area contributed by atoms with Gasteiger partial charge in [0.1, 0.15) is 12.3 Å². The zero-order chi connectivity index (χ0) is 15.9. The maximum absolute atomic E-state index is 10.9. The molecular weight excluding hydrogens is 313 g/mol. The Morgan fingerprint density at radius 3 is 2.64 bits per heavy atom. The normalized spacial score (nSPS) is 17.5. The molecule has 0 bridgehead atoms. The van der Waals surface area contributed by atoms with Gasteiger partial charge in [-0.05, 0) is 10.6 Å². The van der Waals surface area contributed by atoms with Gasteiger partial charge in [-0.3, -0.25) is 0 Å². The van der Waals surface area contributed by atoms with E-state index in [9.17, 15) is 14.3 Å². The van der Waals surface area contributed by atoms with E-state index in [1.165, 1.54) is 6.07 Å². The van der Waals surface area contributed by atoms with E-state index >= 15 is 0 Å². The van der Waals surface area contributed by atoms with Crippen molar-refractivity contribution in [3.63, 3.8) is 0 Å². The molecule has 1 unspecified atom stereocenters. The van der Waals surface area contributed by atoms with Crippen LogP contribution in [0, 0.1) is 0 Å². The molecule has 2 aliphatic heterocycles. The summed E-state index contributed by atoms with van der Waals surface area (Å²) in [5.41, 5.74) is 0.0911. The predicted octanol–water partition coefficient (Wildman–Crippen LogP) is -0.397. The molecule has 0 aromatic carbocycles. The number of hydrogen-bond acceptors (Lipinski definition) is 7. The maximum Gasteiger partial charge on any atom is 0.440 e. The molecule has 0 aliphatic carbocycles. The maximum atomic E-state index is 10.9. The molecule has 1 saturated heterocycles. The van der Waals surface area contributed by atoms with Crippen molar-refractivity contribution in [1.82, 2.24) is 10.3 Å². The first-order valence-corrected chi connectivity index (χ1v) is 7.79. The molecule has 0 radical (unpaired) electrons. The van der Waals surface area contributed by atoms with Gasteiger partial charge in [0.15, 0.2) is 0 Å². The number of carbonyl (C=O) groups is 1. The Morgan fingerprint density at radius 1 is 1.41 bits per heavy atom. The van der Waals surface area contributed by atoms with Gasteiger partial charge in [-0.15, -0.1) is 0 Å². The molecule has 2 N–H and O–H groups in total. The lowest BCUT2D eigenvalue weighted by atomic mass is 10.2. The number of anilines is 1. The van der Waals surface area contributed by atoms with Crippen molar-refractivity contribution >= 4 is 19.8 Å². The highest BCUT2D eigenvalue weighted by molar-refractivity contribution is 7.38. The van der Waals surface area contributed by atoms with Crippen LogP contribution in [0.3, 0.4) is 0 Å². The number of ether oxygens (including phenoxy) is 2. The number of fused-ring (bicyclic) bond motifs is 1. The lowest BCUT2D eigenvalue weighted by Crippen LogP contribution is -2.30. The Labute approximate surface area is 127 Å². The average Bonchev–Trinajstić information content (AvgIpc) is 2.55. The molecule has 9 nitrogen and oxygen atoms in total. The summed E-state index contributed by atoms with van der Waals surface area (Å²) in [5, 5.41) is 11.9. The number of pyridine rings is 1. The van der Waals surface area contributed by atoms with Gasteiger partial charge in [0, 0.05) is 19.3 Å². The molecule has 1 atom stereocenters. The van der Waals surface area contributed by atoms with E-state index in [0.29, 0.717) is 0 Å². The van der Waals surface area contributed by atoms with Crippen molar-refractivity contribution in [3.05, 3.63) is 17.8 Å². The summed E-state index contributed by atoms with van der Waals surface area (Å²) in [6.07, 6.45) is 1.13. The summed E-state index contributed by atoms with van der Waals surface area (Å²) in [6.45, 7) is 4.20. The third kappa shape index (κ3) is 4.35. The molecule has 0 amide bonds. The number of aromatic nitrogens is 1. The van der Waals surface area contributed by atoms with Crippen LogP contribution in [0.15, 0.2) is 12.3 Å². The number of nitrogens with zero attached hydrogens (tertiary/aromatic N) is 2. The summed E-state index contributed by atoms with van der Waals surface area (Å²) in [7, 11) is -2.82. The van der Waals surface area contributed by atoms with Crippen LogP contribution in [0.1, 0.15) is 10.4 Å². The Morgan fingerprint density at radius 2 is 2.14 bits per heavy atom. The molecule has 2 aliphatic rings. The minimum Gasteiger partial charge on any atom is -0.573 e. The molecule has 3 heterocycles. The summed E-state index contributed by atoms with van der Waals surface area (Å²) >= 11 is 0. The lowest BCUT2D eigenvalue weighted by Gasteiger charge is -2.22. The third-order valence-electron chi connectivity index (χ3n) is 2.94. The summed E-state index contributed by atoms with van der Waals surface area (Å²) in [5.74, 6) is -1.03. The third-order valence-corrected chi connectivity index (χ3v) is 3.75. The number of rotatable bonds is 2. The Hall–Kier alpha value is -1.80. The van der Waals surface area contributed by atoms with Gasteiger partial charge < -0.3 is 24.8 Å². The average molecular weight is 329 g/mol. The Kier molecular flexibility index (Phi) is 6.02. The van der Waals surface area contributed by atoms with Crippen molar-refractivity contribution in [2.45, 2.75) is 0 Å². The second-order valence-corrected chi connectivity index (χ2v) is 5.38. The molecule has 1 aromatic rings. The van der Waals surface area contributed by atoms with Crippen LogP contribution in [0.5, 0.6) is 5.88 Å². The van der Waals surface area contributed by atoms with Crippen molar-refractivity contribution in [3.8, 4) is 5.88 Å². The second-order valence-electron chi connectivity index (χ2n) is 4.43. The standard InChI is InChI=1S/C8H7N2O5P.C4H9NO/c11-8(12)5-3-6-7(9-4-5)15-2-1-10(6)16(13)14;1-3-6-4-2-5-1/h3-4H,1-2H2,(H,11,12);5H,1-4H2. The first-order valence-electron chi connectivity index (χ1n) is 6.66. The quantitative estimate of drug-likeness (QED) is 0.697. The van der Waals surface area contributed by atoms with E-state index in [1.54, 1.807) is 0 Å². The van der Waals surface area contributed by atoms with Gasteiger partial charge in [0.05, 0.1) is 25.3 Å². The molecular formula is C12H16N3O6P. The van der Waals surface area contributed by atoms with E-state index in [0.717, 1.165) is 37.2 Å². The van der Waals surface area contributed by atoms with Gasteiger partial charge in [-0.2, -0.15) is 4.67 Å². The fourth-order valence-corrected chi connectivity index (χ4v) is 2.45. The largest absolute Gasteiger partial charge is 0.573 e. The van der Waals surface area contributed by atoms with Crippen LogP contribution in [0.4, 0.5) is 5.69 Å². The zero-order valence-corrected chi connectivity index (χ0v) is 12.6. The number of hydrogen-bond donors (Lipinski definition) is 2. The van der Waals surface area contributed by atoms with Crippen LogP contribution < -0.4 is 19.6 Å². The highest BCUT2D eigenvalue weighted by Gasteiger charge is 2.29. The fraction of sp³-hybridized carbons (Fsp3) is 0.500. The summed E-state index contributed by atoms with van der Waals surface area (Å²) in [4.78, 5) is 25.4. The SMILES string of the molecule is C1COCCN1.O=C(O)c1cnc2c(c1)N([P+](=O)[O-])CCO2. The first-order chi connectivity index (χ1) is 10.6. The Bertz CT molecular complexity index is 540. The molecule has 1 fully saturated rings. The number of carboxylic acids is 1. The molecule has 10 heteroatoms. The van der Waals surface area contributed by atoms with E-state index in [4.69, 9.17) is 14.6 Å². The minimum absolute atomic E-state index is 0.0777. The number of carboxylic acid groups (broad SMARTS) is 1. The number of aromatic carboxylic acids is 1. The fourth-order valence-electron chi connectivity index (χ4n) is 1.89. The summed E-state index contributed by atoms with van der Waals surface area (Å²) < 4.78 is 22.1. The van der Waals surface area contributed by atoms with Crippen molar-refractivity contribution in [2.24, 2.45) is 0 Å².